The number of carbonyl (C=O) groups excluding carboxylic acids is 2. The summed E-state index contributed by atoms with van der Waals surface area (Å²) in [5, 5.41) is 4.13. The molecule has 0 radical (unpaired) electrons. The molecule has 0 aromatic heterocycles. The van der Waals surface area contributed by atoms with Crippen molar-refractivity contribution in [3.63, 3.8) is 0 Å². The minimum Gasteiger partial charge on any atom is -0.321 e. The lowest BCUT2D eigenvalue weighted by atomic mass is 10.0. The molecule has 2 aromatic rings. The van der Waals surface area contributed by atoms with Crippen LogP contribution in [0.15, 0.2) is 30.3 Å². The van der Waals surface area contributed by atoms with Gasteiger partial charge in [-0.1, -0.05) is 43.1 Å². The smallest absolute Gasteiger partial charge is 0.255 e. The average Bonchev–Trinajstić information content (AvgIpc) is 3.08. The van der Waals surface area contributed by atoms with E-state index in [1.165, 1.54) is 0 Å². The number of aryl methyl sites for hydroxylation is 1. The lowest BCUT2D eigenvalue weighted by Crippen LogP contribution is -2.24. The number of anilines is 2. The zero-order valence-corrected chi connectivity index (χ0v) is 17.0. The van der Waals surface area contributed by atoms with Crippen LogP contribution in [0.4, 0.5) is 11.4 Å². The number of nitrogens with zero attached hydrogens (tertiary/aromatic N) is 1. The number of hydrogen-bond donors (Lipinski definition) is 1. The predicted octanol–water partition coefficient (Wildman–Crippen LogP) is 5.50. The van der Waals surface area contributed by atoms with Crippen molar-refractivity contribution in [2.24, 2.45) is 0 Å². The van der Waals surface area contributed by atoms with Crippen LogP contribution in [0.1, 0.15) is 48.2 Å². The minimum atomic E-state index is -0.244. The van der Waals surface area contributed by atoms with Gasteiger partial charge >= 0.3 is 0 Å². The van der Waals surface area contributed by atoms with E-state index in [2.05, 4.69) is 5.32 Å². The molecule has 1 N–H and O–H groups in total. The molecule has 0 atom stereocenters. The third-order valence-electron chi connectivity index (χ3n) is 4.89. The van der Waals surface area contributed by atoms with Gasteiger partial charge < -0.3 is 10.2 Å². The van der Waals surface area contributed by atoms with Crippen molar-refractivity contribution in [1.82, 2.24) is 0 Å². The highest BCUT2D eigenvalue weighted by Crippen LogP contribution is 2.32. The lowest BCUT2D eigenvalue weighted by Gasteiger charge is -2.19. The molecule has 1 heterocycles. The Morgan fingerprint density at radius 1 is 1.11 bits per heavy atom. The molecule has 0 aliphatic carbocycles. The number of amides is 2. The van der Waals surface area contributed by atoms with E-state index in [9.17, 15) is 9.59 Å². The van der Waals surface area contributed by atoms with E-state index in [4.69, 9.17) is 23.2 Å². The topological polar surface area (TPSA) is 49.4 Å². The highest BCUT2D eigenvalue weighted by atomic mass is 35.5. The van der Waals surface area contributed by atoms with Crippen molar-refractivity contribution in [3.8, 4) is 0 Å². The third-order valence-corrected chi connectivity index (χ3v) is 5.56. The van der Waals surface area contributed by atoms with Gasteiger partial charge in [-0.2, -0.15) is 0 Å². The highest BCUT2D eigenvalue weighted by molar-refractivity contribution is 6.34. The van der Waals surface area contributed by atoms with Crippen LogP contribution in [0.3, 0.4) is 0 Å². The van der Waals surface area contributed by atoms with E-state index in [0.29, 0.717) is 34.3 Å². The zero-order valence-electron chi connectivity index (χ0n) is 15.4. The van der Waals surface area contributed by atoms with E-state index >= 15 is 0 Å². The largest absolute Gasteiger partial charge is 0.321 e. The van der Waals surface area contributed by atoms with Crippen molar-refractivity contribution >= 4 is 46.4 Å². The van der Waals surface area contributed by atoms with E-state index in [1.807, 2.05) is 26.0 Å². The van der Waals surface area contributed by atoms with Crippen LogP contribution in [0.25, 0.3) is 0 Å². The van der Waals surface area contributed by atoms with E-state index in [1.54, 1.807) is 23.1 Å². The van der Waals surface area contributed by atoms with Crippen LogP contribution in [-0.2, 0) is 17.6 Å². The molecular weight excluding hydrogens is 383 g/mol. The summed E-state index contributed by atoms with van der Waals surface area (Å²) >= 11 is 12.6. The first-order chi connectivity index (χ1) is 13.0. The maximum atomic E-state index is 12.9. The number of rotatable bonds is 5. The van der Waals surface area contributed by atoms with Crippen LogP contribution < -0.4 is 10.2 Å². The van der Waals surface area contributed by atoms with E-state index in [-0.39, 0.29) is 11.8 Å². The van der Waals surface area contributed by atoms with Gasteiger partial charge in [0.2, 0.25) is 5.91 Å². The monoisotopic (exact) mass is 404 g/mol. The van der Waals surface area contributed by atoms with Crippen molar-refractivity contribution in [1.29, 1.82) is 0 Å². The second-order valence-electron chi connectivity index (χ2n) is 6.54. The zero-order chi connectivity index (χ0) is 19.6. The molecule has 2 amide bonds. The Hall–Kier alpha value is -2.04. The standard InChI is InChI=1S/C21H22Cl2N2O2/c1-3-13-7-9-16(22)15(4-2)20(13)24-21(27)14-8-10-17(23)18(12-14)25-11-5-6-19(25)26/h7-10,12H,3-6,11H2,1-2H3,(H,24,27). The van der Waals surface area contributed by atoms with Crippen LogP contribution in [0.5, 0.6) is 0 Å². The Morgan fingerprint density at radius 3 is 2.48 bits per heavy atom. The van der Waals surface area contributed by atoms with Crippen LogP contribution in [-0.4, -0.2) is 18.4 Å². The lowest BCUT2D eigenvalue weighted by molar-refractivity contribution is -0.117. The van der Waals surface area contributed by atoms with Crippen molar-refractivity contribution in [2.45, 2.75) is 39.5 Å². The fraction of sp³-hybridized carbons (Fsp3) is 0.333. The molecule has 1 aliphatic rings. The fourth-order valence-electron chi connectivity index (χ4n) is 3.42. The van der Waals surface area contributed by atoms with Crippen LogP contribution in [0, 0.1) is 0 Å². The average molecular weight is 405 g/mol. The quantitative estimate of drug-likeness (QED) is 0.715. The molecule has 2 aromatic carbocycles. The van der Waals surface area contributed by atoms with Gasteiger partial charge in [0.05, 0.1) is 10.7 Å². The van der Waals surface area contributed by atoms with Gasteiger partial charge in [0.1, 0.15) is 0 Å². The molecule has 0 unspecified atom stereocenters. The summed E-state index contributed by atoms with van der Waals surface area (Å²) in [5.74, 6) is -0.211. The summed E-state index contributed by atoms with van der Waals surface area (Å²) in [6, 6.07) is 8.82. The first-order valence-electron chi connectivity index (χ1n) is 9.17. The molecular formula is C21H22Cl2N2O2. The number of hydrogen-bond acceptors (Lipinski definition) is 2. The van der Waals surface area contributed by atoms with Crippen molar-refractivity contribution < 1.29 is 9.59 Å². The maximum absolute atomic E-state index is 12.9. The molecule has 3 rings (SSSR count). The van der Waals surface area contributed by atoms with Gasteiger partial charge in [0.15, 0.2) is 0 Å². The van der Waals surface area contributed by atoms with Crippen molar-refractivity contribution in [2.75, 3.05) is 16.8 Å². The van der Waals surface area contributed by atoms with Gasteiger partial charge in [-0.25, -0.2) is 0 Å². The van der Waals surface area contributed by atoms with Crippen LogP contribution >= 0.6 is 23.2 Å². The van der Waals surface area contributed by atoms with Gasteiger partial charge in [-0.3, -0.25) is 9.59 Å². The first-order valence-corrected chi connectivity index (χ1v) is 9.93. The molecule has 4 nitrogen and oxygen atoms in total. The Labute approximate surface area is 169 Å². The minimum absolute atomic E-state index is 0.0332. The fourth-order valence-corrected chi connectivity index (χ4v) is 3.93. The molecule has 1 saturated heterocycles. The second kappa shape index (κ2) is 8.32. The van der Waals surface area contributed by atoms with Crippen LogP contribution in [0.2, 0.25) is 10.0 Å². The summed E-state index contributed by atoms with van der Waals surface area (Å²) in [7, 11) is 0. The van der Waals surface area contributed by atoms with Gasteiger partial charge in [0, 0.05) is 29.2 Å². The van der Waals surface area contributed by atoms with Gasteiger partial charge in [0.25, 0.3) is 5.91 Å². The second-order valence-corrected chi connectivity index (χ2v) is 7.35. The van der Waals surface area contributed by atoms with Crippen molar-refractivity contribution in [3.05, 3.63) is 57.1 Å². The summed E-state index contributed by atoms with van der Waals surface area (Å²) in [4.78, 5) is 26.6. The molecule has 0 saturated carbocycles. The highest BCUT2D eigenvalue weighted by Gasteiger charge is 2.24. The molecule has 1 aliphatic heterocycles. The molecule has 0 bridgehead atoms. The Bertz CT molecular complexity index is 896. The molecule has 142 valence electrons. The molecule has 1 fully saturated rings. The molecule has 27 heavy (non-hydrogen) atoms. The Morgan fingerprint density at radius 2 is 1.85 bits per heavy atom. The SMILES string of the molecule is CCc1ccc(Cl)c(CC)c1NC(=O)c1ccc(Cl)c(N2CCCC2=O)c1. The summed E-state index contributed by atoms with van der Waals surface area (Å²) in [6.07, 6.45) is 2.81. The van der Waals surface area contributed by atoms with Gasteiger partial charge in [-0.05, 0) is 54.7 Å². The number of benzene rings is 2. The third kappa shape index (κ3) is 3.97. The Balaban J connectivity index is 1.94. The predicted molar refractivity (Wildman–Crippen MR) is 111 cm³/mol. The maximum Gasteiger partial charge on any atom is 0.255 e. The molecule has 0 spiro atoms. The number of halogens is 2. The van der Waals surface area contributed by atoms with Gasteiger partial charge in [-0.15, -0.1) is 0 Å². The number of carbonyl (C=O) groups is 2. The Kier molecular flexibility index (Phi) is 6.08. The summed E-state index contributed by atoms with van der Waals surface area (Å²) in [5.41, 5.74) is 3.77. The summed E-state index contributed by atoms with van der Waals surface area (Å²) in [6.45, 7) is 4.67. The molecule has 6 heteroatoms. The number of nitrogens with one attached hydrogen (secondary N) is 1. The van der Waals surface area contributed by atoms with E-state index in [0.717, 1.165) is 36.1 Å². The first kappa shape index (κ1) is 19.7. The van der Waals surface area contributed by atoms with E-state index < -0.39 is 0 Å². The normalized spacial score (nSPS) is 13.9. The summed E-state index contributed by atoms with van der Waals surface area (Å²) < 4.78 is 0.